The Hall–Kier alpha value is -2.16. The van der Waals surface area contributed by atoms with Crippen LogP contribution >= 0.6 is 15.9 Å². The van der Waals surface area contributed by atoms with E-state index < -0.39 is 11.9 Å². The van der Waals surface area contributed by atoms with E-state index in [-0.39, 0.29) is 22.2 Å². The minimum absolute atomic E-state index is 0.0385. The first kappa shape index (κ1) is 14.4. The molecule has 2 atom stereocenters. The summed E-state index contributed by atoms with van der Waals surface area (Å²) in [4.78, 5) is 22.8. The maximum absolute atomic E-state index is 14.2. The number of fused-ring (bicyclic) bond motifs is 2. The highest BCUT2D eigenvalue weighted by Crippen LogP contribution is 2.42. The summed E-state index contributed by atoms with van der Waals surface area (Å²) >= 11 is 3.05. The van der Waals surface area contributed by atoms with E-state index in [0.29, 0.717) is 29.9 Å². The Kier molecular flexibility index (Phi) is 3.09. The van der Waals surface area contributed by atoms with Gasteiger partial charge in [-0.2, -0.15) is 0 Å². The number of nitrogens with two attached hydrogens (primary N) is 1. The SMILES string of the molecule is Nc1cnc2c(F)c(Br)ncc2c1N1C[C@@H]2[C@H]1CCN2C(=O)O. The Morgan fingerprint density at radius 2 is 2.17 bits per heavy atom. The molecule has 0 spiro atoms. The summed E-state index contributed by atoms with van der Waals surface area (Å²) in [6.45, 7) is 1.04. The number of nitrogens with zero attached hydrogens (tertiary/aromatic N) is 4. The Labute approximate surface area is 139 Å². The lowest BCUT2D eigenvalue weighted by molar-refractivity contribution is 0.129. The molecule has 4 heterocycles. The van der Waals surface area contributed by atoms with E-state index in [1.807, 2.05) is 4.90 Å². The van der Waals surface area contributed by atoms with Crippen molar-refractivity contribution in [2.45, 2.75) is 18.5 Å². The van der Waals surface area contributed by atoms with Gasteiger partial charge in [-0.15, -0.1) is 0 Å². The van der Waals surface area contributed by atoms with Crippen LogP contribution < -0.4 is 10.6 Å². The van der Waals surface area contributed by atoms with E-state index in [1.165, 1.54) is 11.1 Å². The molecule has 0 saturated carbocycles. The van der Waals surface area contributed by atoms with Crippen molar-refractivity contribution in [2.24, 2.45) is 0 Å². The van der Waals surface area contributed by atoms with E-state index in [9.17, 15) is 14.3 Å². The molecule has 0 aromatic carbocycles. The minimum Gasteiger partial charge on any atom is -0.465 e. The molecule has 2 saturated heterocycles. The topological polar surface area (TPSA) is 95.6 Å². The molecule has 0 radical (unpaired) electrons. The second-order valence-corrected chi connectivity index (χ2v) is 6.49. The zero-order valence-corrected chi connectivity index (χ0v) is 13.5. The lowest BCUT2D eigenvalue weighted by Gasteiger charge is -2.48. The third kappa shape index (κ3) is 1.95. The van der Waals surface area contributed by atoms with Gasteiger partial charge in [0, 0.05) is 24.7 Å². The Morgan fingerprint density at radius 3 is 2.91 bits per heavy atom. The summed E-state index contributed by atoms with van der Waals surface area (Å²) in [7, 11) is 0. The third-order valence-corrected chi connectivity index (χ3v) is 5.19. The maximum Gasteiger partial charge on any atom is 0.407 e. The molecule has 2 fully saturated rings. The van der Waals surface area contributed by atoms with E-state index >= 15 is 0 Å². The van der Waals surface area contributed by atoms with E-state index in [2.05, 4.69) is 25.9 Å². The number of pyridine rings is 2. The van der Waals surface area contributed by atoms with Gasteiger partial charge >= 0.3 is 6.09 Å². The van der Waals surface area contributed by atoms with Crippen LogP contribution in [0.5, 0.6) is 0 Å². The fourth-order valence-electron chi connectivity index (χ4n) is 3.54. The van der Waals surface area contributed by atoms with Gasteiger partial charge in [-0.25, -0.2) is 14.2 Å². The van der Waals surface area contributed by atoms with Gasteiger partial charge in [-0.1, -0.05) is 0 Å². The van der Waals surface area contributed by atoms with Crippen LogP contribution in [-0.4, -0.2) is 51.2 Å². The molecule has 9 heteroatoms. The Balaban J connectivity index is 1.78. The lowest BCUT2D eigenvalue weighted by atomic mass is 9.95. The number of likely N-dealkylation sites (tertiary alicyclic amines) is 1. The molecule has 0 unspecified atom stereocenters. The van der Waals surface area contributed by atoms with Gasteiger partial charge in [-0.05, 0) is 22.4 Å². The predicted octanol–water partition coefficient (Wildman–Crippen LogP) is 2.05. The lowest BCUT2D eigenvalue weighted by Crippen LogP contribution is -2.63. The first-order chi connectivity index (χ1) is 11.0. The maximum atomic E-state index is 14.2. The molecule has 2 aliphatic rings. The van der Waals surface area contributed by atoms with E-state index in [0.717, 1.165) is 6.42 Å². The molecule has 1 amide bonds. The summed E-state index contributed by atoms with van der Waals surface area (Å²) in [5.74, 6) is -0.528. The normalized spacial score (nSPS) is 23.0. The molecule has 23 heavy (non-hydrogen) atoms. The average molecular weight is 382 g/mol. The van der Waals surface area contributed by atoms with Crippen molar-refractivity contribution in [1.29, 1.82) is 0 Å². The van der Waals surface area contributed by atoms with Crippen LogP contribution in [0.3, 0.4) is 0 Å². The predicted molar refractivity (Wildman–Crippen MR) is 85.9 cm³/mol. The largest absolute Gasteiger partial charge is 0.465 e. The average Bonchev–Trinajstić information content (AvgIpc) is 2.82. The number of halogens is 2. The second-order valence-electron chi connectivity index (χ2n) is 5.74. The summed E-state index contributed by atoms with van der Waals surface area (Å²) in [5, 5.41) is 9.73. The highest BCUT2D eigenvalue weighted by Gasteiger charge is 2.49. The number of rotatable bonds is 1. The van der Waals surface area contributed by atoms with Crippen LogP contribution in [0.15, 0.2) is 17.0 Å². The number of aromatic nitrogens is 2. The van der Waals surface area contributed by atoms with E-state index in [4.69, 9.17) is 5.73 Å². The van der Waals surface area contributed by atoms with E-state index in [1.54, 1.807) is 6.20 Å². The van der Waals surface area contributed by atoms with Crippen molar-refractivity contribution in [2.75, 3.05) is 23.7 Å². The number of anilines is 2. The van der Waals surface area contributed by atoms with Gasteiger partial charge in [0.25, 0.3) is 0 Å². The van der Waals surface area contributed by atoms with Gasteiger partial charge in [0.2, 0.25) is 0 Å². The number of amides is 1. The van der Waals surface area contributed by atoms with Gasteiger partial charge < -0.3 is 20.6 Å². The first-order valence-corrected chi connectivity index (χ1v) is 7.92. The van der Waals surface area contributed by atoms with Crippen molar-refractivity contribution in [1.82, 2.24) is 14.9 Å². The number of nitrogen functional groups attached to an aromatic ring is 1. The van der Waals surface area contributed by atoms with Crippen LogP contribution in [0, 0.1) is 5.82 Å². The molecule has 2 aromatic rings. The fraction of sp³-hybridized carbons (Fsp3) is 0.357. The highest BCUT2D eigenvalue weighted by molar-refractivity contribution is 9.10. The smallest absolute Gasteiger partial charge is 0.407 e. The molecule has 2 aromatic heterocycles. The molecule has 0 bridgehead atoms. The second kappa shape index (κ2) is 4.92. The summed E-state index contributed by atoms with van der Waals surface area (Å²) in [6.07, 6.45) is 2.80. The van der Waals surface area contributed by atoms with Gasteiger partial charge in [0.15, 0.2) is 5.82 Å². The molecule has 2 aliphatic heterocycles. The number of hydrogen-bond donors (Lipinski definition) is 2. The zero-order chi connectivity index (χ0) is 16.3. The fourth-order valence-corrected chi connectivity index (χ4v) is 3.83. The molecule has 0 aliphatic carbocycles. The zero-order valence-electron chi connectivity index (χ0n) is 11.9. The summed E-state index contributed by atoms with van der Waals surface area (Å²) < 4.78 is 14.3. The molecule has 120 valence electrons. The Morgan fingerprint density at radius 1 is 1.39 bits per heavy atom. The van der Waals surface area contributed by atoms with Crippen molar-refractivity contribution >= 4 is 44.3 Å². The van der Waals surface area contributed by atoms with Gasteiger partial charge in [0.05, 0.1) is 29.7 Å². The molecular formula is C14H13BrFN5O2. The van der Waals surface area contributed by atoms with Crippen LogP contribution in [0.4, 0.5) is 20.6 Å². The van der Waals surface area contributed by atoms with Crippen molar-refractivity contribution in [3.05, 3.63) is 22.8 Å². The standard InChI is InChI=1S/C14H13BrFN5O2/c15-13-10(16)11-6(3-19-13)12(7(17)4-18-11)21-5-9-8(21)1-2-20(9)14(22)23/h3-4,8-9H,1-2,5,17H2,(H,22,23)/t8-,9-/m1/s1. The molecule has 3 N–H and O–H groups in total. The van der Waals surface area contributed by atoms with Crippen molar-refractivity contribution in [3.8, 4) is 0 Å². The highest BCUT2D eigenvalue weighted by atomic mass is 79.9. The van der Waals surface area contributed by atoms with Gasteiger partial charge in [-0.3, -0.25) is 4.98 Å². The van der Waals surface area contributed by atoms with Crippen molar-refractivity contribution in [3.63, 3.8) is 0 Å². The van der Waals surface area contributed by atoms with Crippen molar-refractivity contribution < 1.29 is 14.3 Å². The van der Waals surface area contributed by atoms with Crippen LogP contribution in [-0.2, 0) is 0 Å². The molecule has 4 rings (SSSR count). The summed E-state index contributed by atoms with van der Waals surface area (Å²) in [5.41, 5.74) is 7.39. The Bertz CT molecular complexity index is 832. The van der Waals surface area contributed by atoms with Crippen LogP contribution in [0.2, 0.25) is 0 Å². The monoisotopic (exact) mass is 381 g/mol. The minimum atomic E-state index is -0.902. The quantitative estimate of drug-likeness (QED) is 0.734. The molecule has 7 nitrogen and oxygen atoms in total. The third-order valence-electron chi connectivity index (χ3n) is 4.64. The number of hydrogen-bond acceptors (Lipinski definition) is 5. The summed E-state index contributed by atoms with van der Waals surface area (Å²) in [6, 6.07) is 0.0223. The molecular weight excluding hydrogens is 369 g/mol. The van der Waals surface area contributed by atoms with Crippen LogP contribution in [0.1, 0.15) is 6.42 Å². The van der Waals surface area contributed by atoms with Crippen LogP contribution in [0.25, 0.3) is 10.9 Å². The number of carbonyl (C=O) groups is 1. The first-order valence-electron chi connectivity index (χ1n) is 7.13. The number of carboxylic acid groups (broad SMARTS) is 1. The van der Waals surface area contributed by atoms with Gasteiger partial charge in [0.1, 0.15) is 10.1 Å².